The number of hydrogen-bond donors (Lipinski definition) is 2. The average molecular weight is 738 g/mol. The fraction of sp³-hybridized carbons (Fsp3) is 0.485. The summed E-state index contributed by atoms with van der Waals surface area (Å²) in [6, 6.07) is 8.15. The first-order valence-electron chi connectivity index (χ1n) is 16.2. The van der Waals surface area contributed by atoms with Crippen LogP contribution in [0.2, 0.25) is 0 Å². The highest BCUT2D eigenvalue weighted by molar-refractivity contribution is 14.1. The number of imidazole rings is 1. The van der Waals surface area contributed by atoms with Crippen molar-refractivity contribution < 1.29 is 9.53 Å². The van der Waals surface area contributed by atoms with E-state index in [1.165, 1.54) is 15.8 Å². The van der Waals surface area contributed by atoms with Crippen LogP contribution in [0.1, 0.15) is 42.9 Å². The van der Waals surface area contributed by atoms with E-state index in [0.29, 0.717) is 60.6 Å². The minimum atomic E-state index is -0.288. The summed E-state index contributed by atoms with van der Waals surface area (Å²) < 4.78 is 9.83. The summed E-state index contributed by atoms with van der Waals surface area (Å²) in [4.78, 5) is 46.3. The molecular formula is C33H40IN9O3. The molecule has 12 nitrogen and oxygen atoms in total. The summed E-state index contributed by atoms with van der Waals surface area (Å²) in [5.74, 6) is 1.16. The highest BCUT2D eigenvalue weighted by Gasteiger charge is 2.25. The molecule has 2 N–H and O–H groups in total. The SMILES string of the molecule is Cn1cc(C2CCOCC2)nc1-c1cc2cnc(Nc3ccc(N4CCNCC4)c(CI)c3)nc2n(CC(=O)N2CCCC2)c1=O. The summed E-state index contributed by atoms with van der Waals surface area (Å²) in [7, 11) is 1.91. The second-order valence-electron chi connectivity index (χ2n) is 12.3. The number of carbonyl (C=O) groups is 1. The van der Waals surface area contributed by atoms with Gasteiger partial charge in [0, 0.05) is 99.0 Å². The van der Waals surface area contributed by atoms with Crippen LogP contribution < -0.4 is 21.1 Å². The molecule has 13 heteroatoms. The number of piperazine rings is 1. The first-order chi connectivity index (χ1) is 22.5. The Morgan fingerprint density at radius 2 is 1.87 bits per heavy atom. The second-order valence-corrected chi connectivity index (χ2v) is 13.1. The molecule has 7 rings (SSSR count). The van der Waals surface area contributed by atoms with E-state index in [-0.39, 0.29) is 18.0 Å². The van der Waals surface area contributed by atoms with Gasteiger partial charge in [-0.1, -0.05) is 22.6 Å². The zero-order valence-corrected chi connectivity index (χ0v) is 28.3. The number of hydrogen-bond acceptors (Lipinski definition) is 9. The first-order valence-corrected chi connectivity index (χ1v) is 17.7. The molecule has 3 aliphatic rings. The Hall–Kier alpha value is -3.56. The van der Waals surface area contributed by atoms with Gasteiger partial charge in [-0.25, -0.2) is 9.97 Å². The molecule has 3 saturated heterocycles. The van der Waals surface area contributed by atoms with Gasteiger partial charge in [0.15, 0.2) is 0 Å². The van der Waals surface area contributed by atoms with Gasteiger partial charge >= 0.3 is 0 Å². The number of carbonyl (C=O) groups excluding carboxylic acids is 1. The number of nitrogens with one attached hydrogen (secondary N) is 2. The lowest BCUT2D eigenvalue weighted by Gasteiger charge is -2.31. The van der Waals surface area contributed by atoms with Crippen molar-refractivity contribution >= 4 is 56.9 Å². The normalized spacial score (nSPS) is 17.6. The molecule has 0 atom stereocenters. The Morgan fingerprint density at radius 3 is 2.63 bits per heavy atom. The number of nitrogens with zero attached hydrogens (tertiary/aromatic N) is 7. The summed E-state index contributed by atoms with van der Waals surface area (Å²) in [6.07, 6.45) is 7.50. The molecule has 46 heavy (non-hydrogen) atoms. The minimum absolute atomic E-state index is 0.0795. The zero-order chi connectivity index (χ0) is 31.6. The van der Waals surface area contributed by atoms with Crippen molar-refractivity contribution in [1.82, 2.24) is 34.3 Å². The summed E-state index contributed by atoms with van der Waals surface area (Å²) in [6.45, 7) is 6.68. The molecule has 0 spiro atoms. The third-order valence-electron chi connectivity index (χ3n) is 9.29. The maximum Gasteiger partial charge on any atom is 0.263 e. The standard InChI is InChI=1S/C33H40IN9O3/c1-40-20-27(22-6-14-46-15-7-22)38-31(40)26-17-24-19-36-33(39-30(24)43(32(26)45)21-29(44)42-10-2-3-11-42)37-25-4-5-28(23(16-25)18-34)41-12-8-35-9-13-41/h4-5,16-17,19-20,22,35H,2-3,6-15,18,21H2,1H3,(H,36,37,39). The number of aromatic nitrogens is 5. The van der Waals surface area contributed by atoms with Gasteiger partial charge in [-0.05, 0) is 55.5 Å². The van der Waals surface area contributed by atoms with E-state index in [1.54, 1.807) is 6.20 Å². The van der Waals surface area contributed by atoms with E-state index in [4.69, 9.17) is 14.7 Å². The number of pyridine rings is 1. The van der Waals surface area contributed by atoms with Gasteiger partial charge in [-0.3, -0.25) is 14.2 Å². The van der Waals surface area contributed by atoms with E-state index in [2.05, 4.69) is 55.2 Å². The van der Waals surface area contributed by atoms with E-state index in [1.807, 2.05) is 34.8 Å². The highest BCUT2D eigenvalue weighted by Crippen LogP contribution is 2.30. The number of fused-ring (bicyclic) bond motifs is 1. The van der Waals surface area contributed by atoms with Gasteiger partial charge in [0.05, 0.1) is 11.3 Å². The van der Waals surface area contributed by atoms with E-state index >= 15 is 0 Å². The number of halogens is 1. The predicted molar refractivity (Wildman–Crippen MR) is 187 cm³/mol. The fourth-order valence-electron chi connectivity index (χ4n) is 6.77. The molecule has 0 saturated carbocycles. The molecule has 1 aromatic carbocycles. The number of aryl methyl sites for hydroxylation is 1. The number of ether oxygens (including phenoxy) is 1. The third-order valence-corrected chi connectivity index (χ3v) is 10.1. The monoisotopic (exact) mass is 737 g/mol. The smallest absolute Gasteiger partial charge is 0.263 e. The predicted octanol–water partition coefficient (Wildman–Crippen LogP) is 3.80. The molecule has 0 radical (unpaired) electrons. The van der Waals surface area contributed by atoms with Crippen LogP contribution in [0, 0.1) is 0 Å². The molecule has 3 aromatic heterocycles. The van der Waals surface area contributed by atoms with E-state index < -0.39 is 0 Å². The van der Waals surface area contributed by atoms with Gasteiger partial charge in [0.2, 0.25) is 11.9 Å². The minimum Gasteiger partial charge on any atom is -0.381 e. The quantitative estimate of drug-likeness (QED) is 0.206. The van der Waals surface area contributed by atoms with Crippen LogP contribution in [0.3, 0.4) is 0 Å². The molecule has 4 aromatic rings. The van der Waals surface area contributed by atoms with Gasteiger partial charge in [0.25, 0.3) is 5.56 Å². The van der Waals surface area contributed by atoms with Gasteiger partial charge < -0.3 is 29.7 Å². The summed E-state index contributed by atoms with van der Waals surface area (Å²) >= 11 is 2.41. The largest absolute Gasteiger partial charge is 0.381 e. The molecule has 3 aliphatic heterocycles. The number of anilines is 3. The first kappa shape index (κ1) is 31.1. The summed E-state index contributed by atoms with van der Waals surface area (Å²) in [5.41, 5.74) is 4.88. The van der Waals surface area contributed by atoms with Crippen LogP contribution in [0.4, 0.5) is 17.3 Å². The summed E-state index contributed by atoms with van der Waals surface area (Å²) in [5, 5.41) is 7.45. The lowest BCUT2D eigenvalue weighted by Crippen LogP contribution is -2.43. The van der Waals surface area contributed by atoms with Crippen molar-refractivity contribution in [2.24, 2.45) is 7.05 Å². The number of rotatable bonds is 8. The second kappa shape index (κ2) is 13.7. The maximum atomic E-state index is 14.2. The fourth-order valence-corrected chi connectivity index (χ4v) is 7.38. The third kappa shape index (κ3) is 6.36. The topological polar surface area (TPSA) is 122 Å². The van der Waals surface area contributed by atoms with Crippen LogP contribution in [-0.2, 0) is 27.6 Å². The lowest BCUT2D eigenvalue weighted by molar-refractivity contribution is -0.130. The number of likely N-dealkylation sites (tertiary alicyclic amines) is 1. The Bertz CT molecular complexity index is 1790. The van der Waals surface area contributed by atoms with Gasteiger partial charge in [0.1, 0.15) is 18.0 Å². The average Bonchev–Trinajstić information content (AvgIpc) is 3.77. The van der Waals surface area contributed by atoms with Crippen molar-refractivity contribution in [2.75, 3.05) is 62.7 Å². The van der Waals surface area contributed by atoms with Crippen LogP contribution in [0.25, 0.3) is 22.4 Å². The Balaban J connectivity index is 1.25. The number of amides is 1. The molecule has 1 amide bonds. The van der Waals surface area contributed by atoms with Crippen molar-refractivity contribution in [2.45, 2.75) is 42.6 Å². The van der Waals surface area contributed by atoms with E-state index in [9.17, 15) is 9.59 Å². The van der Waals surface area contributed by atoms with Gasteiger partial charge in [-0.15, -0.1) is 0 Å². The van der Waals surface area contributed by atoms with Gasteiger partial charge in [-0.2, -0.15) is 4.98 Å². The molecule has 6 heterocycles. The van der Waals surface area contributed by atoms with Crippen LogP contribution in [0.5, 0.6) is 0 Å². The maximum absolute atomic E-state index is 14.2. The highest BCUT2D eigenvalue weighted by atomic mass is 127. The van der Waals surface area contributed by atoms with E-state index in [0.717, 1.165) is 67.7 Å². The van der Waals surface area contributed by atoms with Crippen LogP contribution in [-0.4, -0.2) is 87.4 Å². The lowest BCUT2D eigenvalue weighted by atomic mass is 9.97. The molecule has 0 aliphatic carbocycles. The molecule has 242 valence electrons. The molecule has 0 unspecified atom stereocenters. The Morgan fingerprint density at radius 1 is 1.09 bits per heavy atom. The van der Waals surface area contributed by atoms with Crippen LogP contribution in [0.15, 0.2) is 41.5 Å². The van der Waals surface area contributed by atoms with Crippen LogP contribution >= 0.6 is 22.6 Å². The number of alkyl halides is 1. The number of benzene rings is 1. The van der Waals surface area contributed by atoms with Crippen molar-refractivity contribution in [3.63, 3.8) is 0 Å². The van der Waals surface area contributed by atoms with Crippen molar-refractivity contribution in [1.29, 1.82) is 0 Å². The zero-order valence-electron chi connectivity index (χ0n) is 26.2. The molecule has 3 fully saturated rings. The van der Waals surface area contributed by atoms with Crippen molar-refractivity contribution in [3.8, 4) is 11.4 Å². The Labute approximate surface area is 281 Å². The Kier molecular flexibility index (Phi) is 9.22. The molecular weight excluding hydrogens is 697 g/mol. The van der Waals surface area contributed by atoms with Crippen molar-refractivity contribution in [3.05, 3.63) is 58.3 Å². The molecule has 0 bridgehead atoms.